The quantitative estimate of drug-likeness (QED) is 0.459. The topological polar surface area (TPSA) is 66.5 Å². The maximum Gasteiger partial charge on any atom is 0.417 e. The van der Waals surface area contributed by atoms with Crippen LogP contribution in [0.15, 0.2) is 77.7 Å². The van der Waals surface area contributed by atoms with E-state index >= 15 is 0 Å². The van der Waals surface area contributed by atoms with Gasteiger partial charge >= 0.3 is 6.18 Å². The number of amides is 1. The van der Waals surface area contributed by atoms with Gasteiger partial charge in [-0.3, -0.25) is 9.10 Å². The number of halogens is 5. The zero-order valence-electron chi connectivity index (χ0n) is 16.1. The molecule has 3 aromatic carbocycles. The van der Waals surface area contributed by atoms with Gasteiger partial charge in [-0.05, 0) is 54.6 Å². The van der Waals surface area contributed by atoms with Crippen molar-refractivity contribution in [1.82, 2.24) is 0 Å². The minimum Gasteiger partial charge on any atom is -0.324 e. The van der Waals surface area contributed by atoms with Gasteiger partial charge < -0.3 is 5.32 Å². The molecule has 0 fully saturated rings. The average molecular weight is 503 g/mol. The van der Waals surface area contributed by atoms with Crippen LogP contribution in [-0.2, 0) is 21.0 Å². The molecule has 1 amide bonds. The third-order valence-electron chi connectivity index (χ3n) is 4.29. The molecular weight excluding hydrogens is 488 g/mol. The molecule has 11 heteroatoms. The Hall–Kier alpha value is -2.75. The summed E-state index contributed by atoms with van der Waals surface area (Å²) in [6.07, 6.45) is -4.72. The van der Waals surface area contributed by atoms with Crippen molar-refractivity contribution in [2.45, 2.75) is 11.1 Å². The molecule has 0 aromatic heterocycles. The molecule has 0 radical (unpaired) electrons. The molecule has 3 rings (SSSR count). The highest BCUT2D eigenvalue weighted by molar-refractivity contribution is 7.92. The van der Waals surface area contributed by atoms with Crippen LogP contribution in [0.25, 0.3) is 0 Å². The maximum absolute atomic E-state index is 13.2. The summed E-state index contributed by atoms with van der Waals surface area (Å²) in [5.41, 5.74) is -1.15. The third kappa shape index (κ3) is 5.53. The number of hydrogen-bond donors (Lipinski definition) is 1. The molecule has 1 N–H and O–H groups in total. The van der Waals surface area contributed by atoms with Gasteiger partial charge in [-0.25, -0.2) is 8.42 Å². The summed E-state index contributed by atoms with van der Waals surface area (Å²) in [6, 6.07) is 16.0. The molecule has 168 valence electrons. The van der Waals surface area contributed by atoms with Crippen LogP contribution >= 0.6 is 23.2 Å². The number of sulfonamides is 1. The molecule has 0 unspecified atom stereocenters. The summed E-state index contributed by atoms with van der Waals surface area (Å²) in [4.78, 5) is 12.6. The Balaban J connectivity index is 1.92. The van der Waals surface area contributed by atoms with Gasteiger partial charge in [0.1, 0.15) is 6.54 Å². The Labute approximate surface area is 192 Å². The monoisotopic (exact) mass is 502 g/mol. The van der Waals surface area contributed by atoms with Gasteiger partial charge in [0, 0.05) is 10.7 Å². The maximum atomic E-state index is 13.2. The molecule has 0 saturated carbocycles. The van der Waals surface area contributed by atoms with Crippen LogP contribution in [-0.4, -0.2) is 20.9 Å². The van der Waals surface area contributed by atoms with E-state index in [-0.39, 0.29) is 16.3 Å². The van der Waals surface area contributed by atoms with Crippen LogP contribution < -0.4 is 9.62 Å². The normalized spacial score (nSPS) is 11.8. The number of rotatable bonds is 6. The molecule has 0 atom stereocenters. The molecular formula is C21H15Cl2F3N2O3S. The number of hydrogen-bond acceptors (Lipinski definition) is 3. The van der Waals surface area contributed by atoms with Gasteiger partial charge in [-0.15, -0.1) is 0 Å². The SMILES string of the molecule is O=C(CN(c1ccc(Cl)cc1)S(=O)(=O)c1ccccc1)Nc1ccc(Cl)c(C(F)(F)F)c1. The van der Waals surface area contributed by atoms with Gasteiger partial charge in [0.25, 0.3) is 10.0 Å². The molecule has 0 heterocycles. The minimum absolute atomic E-state index is 0.0615. The van der Waals surface area contributed by atoms with E-state index < -0.39 is 39.2 Å². The molecule has 0 aliphatic rings. The first kappa shape index (κ1) is 23.9. The lowest BCUT2D eigenvalue weighted by Gasteiger charge is -2.24. The van der Waals surface area contributed by atoms with Crippen LogP contribution in [0.2, 0.25) is 10.0 Å². The fourth-order valence-electron chi connectivity index (χ4n) is 2.79. The van der Waals surface area contributed by atoms with Crippen LogP contribution in [0.4, 0.5) is 24.5 Å². The minimum atomic E-state index is -4.72. The summed E-state index contributed by atoms with van der Waals surface area (Å²) < 4.78 is 66.4. The molecule has 0 saturated heterocycles. The molecule has 0 aliphatic carbocycles. The van der Waals surface area contributed by atoms with Crippen molar-refractivity contribution in [1.29, 1.82) is 0 Å². The highest BCUT2D eigenvalue weighted by atomic mass is 35.5. The van der Waals surface area contributed by atoms with E-state index in [0.717, 1.165) is 10.4 Å². The van der Waals surface area contributed by atoms with Gasteiger partial charge in [-0.1, -0.05) is 41.4 Å². The number of benzene rings is 3. The van der Waals surface area contributed by atoms with Crippen LogP contribution in [0, 0.1) is 0 Å². The van der Waals surface area contributed by atoms with Crippen molar-refractivity contribution in [2.24, 2.45) is 0 Å². The van der Waals surface area contributed by atoms with Crippen molar-refractivity contribution in [3.05, 3.63) is 88.4 Å². The number of nitrogens with one attached hydrogen (secondary N) is 1. The summed E-state index contributed by atoms with van der Waals surface area (Å²) in [5.74, 6) is -0.852. The molecule has 32 heavy (non-hydrogen) atoms. The Morgan fingerprint density at radius 1 is 0.938 bits per heavy atom. The fraction of sp³-hybridized carbons (Fsp3) is 0.0952. The summed E-state index contributed by atoms with van der Waals surface area (Å²) in [6.45, 7) is -0.692. The zero-order valence-corrected chi connectivity index (χ0v) is 18.4. The van der Waals surface area contributed by atoms with Gasteiger partial charge in [0.2, 0.25) is 5.91 Å². The Kier molecular flexibility index (Phi) is 7.02. The zero-order chi connectivity index (χ0) is 23.5. The van der Waals surface area contributed by atoms with Crippen molar-refractivity contribution >= 4 is 50.5 Å². The first-order valence-electron chi connectivity index (χ1n) is 8.98. The summed E-state index contributed by atoms with van der Waals surface area (Å²) >= 11 is 11.5. The highest BCUT2D eigenvalue weighted by Gasteiger charge is 2.33. The summed E-state index contributed by atoms with van der Waals surface area (Å²) in [7, 11) is -4.16. The van der Waals surface area contributed by atoms with Gasteiger partial charge in [0.15, 0.2) is 0 Å². The van der Waals surface area contributed by atoms with Gasteiger partial charge in [0.05, 0.1) is 21.2 Å². The Morgan fingerprint density at radius 3 is 2.16 bits per heavy atom. The largest absolute Gasteiger partial charge is 0.417 e. The van der Waals surface area contributed by atoms with E-state index in [1.165, 1.54) is 54.6 Å². The molecule has 5 nitrogen and oxygen atoms in total. The smallest absolute Gasteiger partial charge is 0.324 e. The predicted molar refractivity (Wildman–Crippen MR) is 118 cm³/mol. The van der Waals surface area contributed by atoms with E-state index in [4.69, 9.17) is 23.2 Å². The fourth-order valence-corrected chi connectivity index (χ4v) is 4.59. The third-order valence-corrected chi connectivity index (χ3v) is 6.66. The second-order valence-electron chi connectivity index (χ2n) is 6.54. The second-order valence-corrected chi connectivity index (χ2v) is 9.25. The number of carbonyl (C=O) groups is 1. The molecule has 0 aliphatic heterocycles. The first-order chi connectivity index (χ1) is 15.0. The number of nitrogens with zero attached hydrogens (tertiary/aromatic N) is 1. The second kappa shape index (κ2) is 9.40. The van der Waals surface area contributed by atoms with E-state index in [0.29, 0.717) is 11.1 Å². The predicted octanol–water partition coefficient (Wildman–Crippen LogP) is 5.85. The molecule has 0 bridgehead atoms. The number of carbonyl (C=O) groups excluding carboxylic acids is 1. The van der Waals surface area contributed by atoms with E-state index in [2.05, 4.69) is 5.32 Å². The van der Waals surface area contributed by atoms with Crippen LogP contribution in [0.3, 0.4) is 0 Å². The Morgan fingerprint density at radius 2 is 1.56 bits per heavy atom. The Bertz CT molecular complexity index is 1220. The lowest BCUT2D eigenvalue weighted by atomic mass is 10.2. The van der Waals surface area contributed by atoms with Crippen molar-refractivity contribution in [3.63, 3.8) is 0 Å². The van der Waals surface area contributed by atoms with Crippen molar-refractivity contribution in [3.8, 4) is 0 Å². The molecule has 0 spiro atoms. The van der Waals surface area contributed by atoms with Crippen molar-refractivity contribution in [2.75, 3.05) is 16.2 Å². The van der Waals surface area contributed by atoms with Crippen molar-refractivity contribution < 1.29 is 26.4 Å². The van der Waals surface area contributed by atoms with E-state index in [1.807, 2.05) is 0 Å². The lowest BCUT2D eigenvalue weighted by molar-refractivity contribution is -0.137. The number of alkyl halides is 3. The van der Waals surface area contributed by atoms with E-state index in [1.54, 1.807) is 6.07 Å². The highest BCUT2D eigenvalue weighted by Crippen LogP contribution is 2.36. The summed E-state index contributed by atoms with van der Waals surface area (Å²) in [5, 5.41) is 2.12. The first-order valence-corrected chi connectivity index (χ1v) is 11.2. The lowest BCUT2D eigenvalue weighted by Crippen LogP contribution is -2.38. The van der Waals surface area contributed by atoms with Crippen LogP contribution in [0.5, 0.6) is 0 Å². The molecule has 3 aromatic rings. The van der Waals surface area contributed by atoms with Crippen LogP contribution in [0.1, 0.15) is 5.56 Å². The van der Waals surface area contributed by atoms with E-state index in [9.17, 15) is 26.4 Å². The van der Waals surface area contributed by atoms with Gasteiger partial charge in [-0.2, -0.15) is 13.2 Å². The standard InChI is InChI=1S/C21H15Cl2F3N2O3S/c22-14-6-9-16(10-7-14)28(32(30,31)17-4-2-1-3-5-17)13-20(29)27-15-8-11-19(23)18(12-15)21(24,25)26/h1-12H,13H2,(H,27,29). The number of anilines is 2. The average Bonchev–Trinajstić information content (AvgIpc) is 2.74.